The lowest BCUT2D eigenvalue weighted by Gasteiger charge is -2.10. The van der Waals surface area contributed by atoms with Crippen LogP contribution in [0.1, 0.15) is 40.7 Å². The smallest absolute Gasteiger partial charge is 0.330 e. The number of benzene rings is 1. The molecule has 0 radical (unpaired) electrons. The van der Waals surface area contributed by atoms with Crippen molar-refractivity contribution in [1.29, 1.82) is 0 Å². The Balaban J connectivity index is 2.59. The molecule has 112 valence electrons. The number of hydrogen-bond donors (Lipinski definition) is 1. The summed E-state index contributed by atoms with van der Waals surface area (Å²) in [5.74, 6) is -1.08. The van der Waals surface area contributed by atoms with Gasteiger partial charge in [-0.2, -0.15) is 0 Å². The van der Waals surface area contributed by atoms with Crippen LogP contribution in [-0.2, 0) is 9.59 Å². The molecule has 0 saturated carbocycles. The van der Waals surface area contributed by atoms with Gasteiger partial charge in [0.15, 0.2) is 0 Å². The summed E-state index contributed by atoms with van der Waals surface area (Å²) in [6.07, 6.45) is 1.48. The molecule has 0 aliphatic heterocycles. The lowest BCUT2D eigenvalue weighted by atomic mass is 10.1. The molecule has 0 amide bonds. The molecule has 5 nitrogen and oxygen atoms in total. The van der Waals surface area contributed by atoms with E-state index in [0.29, 0.717) is 23.3 Å². The van der Waals surface area contributed by atoms with E-state index in [-0.39, 0.29) is 18.4 Å². The van der Waals surface area contributed by atoms with Gasteiger partial charge in [0, 0.05) is 17.6 Å². The number of esters is 1. The fourth-order valence-electron chi connectivity index (χ4n) is 1.78. The first kappa shape index (κ1) is 16.6. The van der Waals surface area contributed by atoms with Crippen molar-refractivity contribution in [3.63, 3.8) is 0 Å². The summed E-state index contributed by atoms with van der Waals surface area (Å²) >= 11 is 0. The minimum absolute atomic E-state index is 0.0742. The maximum Gasteiger partial charge on any atom is 0.330 e. The van der Waals surface area contributed by atoms with Gasteiger partial charge in [-0.05, 0) is 49.9 Å². The van der Waals surface area contributed by atoms with Gasteiger partial charge in [-0.1, -0.05) is 6.58 Å². The van der Waals surface area contributed by atoms with Crippen molar-refractivity contribution in [3.8, 4) is 5.75 Å². The second-order valence-corrected chi connectivity index (χ2v) is 4.83. The lowest BCUT2D eigenvalue weighted by Crippen LogP contribution is -2.10. The number of carbonyl (C=O) groups is 3. The van der Waals surface area contributed by atoms with Crippen molar-refractivity contribution < 1.29 is 24.2 Å². The Morgan fingerprint density at radius 3 is 2.48 bits per heavy atom. The van der Waals surface area contributed by atoms with Gasteiger partial charge in [0.1, 0.15) is 12.0 Å². The first-order valence-corrected chi connectivity index (χ1v) is 6.53. The molecule has 1 N–H and O–H groups in total. The molecule has 0 fully saturated rings. The van der Waals surface area contributed by atoms with E-state index in [0.717, 1.165) is 11.8 Å². The van der Waals surface area contributed by atoms with Crippen LogP contribution in [-0.4, -0.2) is 23.3 Å². The van der Waals surface area contributed by atoms with E-state index in [1.54, 1.807) is 26.0 Å². The van der Waals surface area contributed by atoms with Crippen LogP contribution in [0.15, 0.2) is 24.3 Å². The predicted molar refractivity (Wildman–Crippen MR) is 77.6 cm³/mol. The molecule has 0 aliphatic rings. The van der Waals surface area contributed by atoms with E-state index in [2.05, 4.69) is 6.58 Å². The Kier molecular flexibility index (Phi) is 5.84. The number of ether oxygens (including phenoxy) is 1. The third-order valence-corrected chi connectivity index (χ3v) is 3.08. The highest BCUT2D eigenvalue weighted by atomic mass is 16.5. The molecule has 0 heterocycles. The molecule has 0 saturated heterocycles. The number of aldehydes is 1. The highest BCUT2D eigenvalue weighted by Crippen LogP contribution is 2.22. The lowest BCUT2D eigenvalue weighted by molar-refractivity contribution is -0.135. The molecule has 0 unspecified atom stereocenters. The van der Waals surface area contributed by atoms with Gasteiger partial charge < -0.3 is 9.84 Å². The zero-order chi connectivity index (χ0) is 16.0. The summed E-state index contributed by atoms with van der Waals surface area (Å²) < 4.78 is 5.24. The van der Waals surface area contributed by atoms with Crippen molar-refractivity contribution in [2.24, 2.45) is 0 Å². The molecule has 0 aromatic heterocycles. The SMILES string of the molecule is C=C(CCCC(=O)Oc1cc(C)c(C=O)cc1C)C(=O)O. The highest BCUT2D eigenvalue weighted by molar-refractivity contribution is 5.85. The second kappa shape index (κ2) is 7.38. The largest absolute Gasteiger partial charge is 0.478 e. The maximum absolute atomic E-state index is 11.7. The summed E-state index contributed by atoms with van der Waals surface area (Å²) in [5, 5.41) is 8.65. The average molecular weight is 290 g/mol. The Morgan fingerprint density at radius 2 is 1.90 bits per heavy atom. The minimum Gasteiger partial charge on any atom is -0.478 e. The van der Waals surface area contributed by atoms with Crippen LogP contribution in [0.2, 0.25) is 0 Å². The number of aliphatic carboxylic acids is 1. The quantitative estimate of drug-likeness (QED) is 0.361. The van der Waals surface area contributed by atoms with Gasteiger partial charge >= 0.3 is 11.9 Å². The van der Waals surface area contributed by atoms with E-state index in [4.69, 9.17) is 9.84 Å². The molecule has 0 aliphatic carbocycles. The van der Waals surface area contributed by atoms with Crippen molar-refractivity contribution in [1.82, 2.24) is 0 Å². The molecule has 0 spiro atoms. The van der Waals surface area contributed by atoms with Gasteiger partial charge in [-0.25, -0.2) is 4.79 Å². The van der Waals surface area contributed by atoms with Crippen LogP contribution in [0.25, 0.3) is 0 Å². The average Bonchev–Trinajstić information content (AvgIpc) is 2.42. The fourth-order valence-corrected chi connectivity index (χ4v) is 1.78. The molecular weight excluding hydrogens is 272 g/mol. The van der Waals surface area contributed by atoms with Gasteiger partial charge in [0.2, 0.25) is 0 Å². The Bertz CT molecular complexity index is 587. The van der Waals surface area contributed by atoms with Crippen LogP contribution in [0.3, 0.4) is 0 Å². The molecule has 0 atom stereocenters. The number of rotatable bonds is 7. The molecule has 5 heteroatoms. The zero-order valence-electron chi connectivity index (χ0n) is 12.1. The van der Waals surface area contributed by atoms with Crippen LogP contribution >= 0.6 is 0 Å². The Labute approximate surface area is 123 Å². The third-order valence-electron chi connectivity index (χ3n) is 3.08. The number of hydrogen-bond acceptors (Lipinski definition) is 4. The predicted octanol–water partition coefficient (Wildman–Crippen LogP) is 2.83. The van der Waals surface area contributed by atoms with Gasteiger partial charge in [0.25, 0.3) is 0 Å². The number of carboxylic acid groups (broad SMARTS) is 1. The second-order valence-electron chi connectivity index (χ2n) is 4.83. The third kappa shape index (κ3) is 4.87. The summed E-state index contributed by atoms with van der Waals surface area (Å²) in [6, 6.07) is 3.31. The zero-order valence-corrected chi connectivity index (χ0v) is 12.1. The van der Waals surface area contributed by atoms with E-state index < -0.39 is 11.9 Å². The number of carboxylic acids is 1. The Hall–Kier alpha value is -2.43. The number of carbonyl (C=O) groups excluding carboxylic acids is 2. The summed E-state index contributed by atoms with van der Waals surface area (Å²) in [6.45, 7) is 6.91. The molecular formula is C16H18O5. The van der Waals surface area contributed by atoms with E-state index in [1.807, 2.05) is 0 Å². The molecule has 1 rings (SSSR count). The monoisotopic (exact) mass is 290 g/mol. The standard InChI is InChI=1S/C16H18O5/c1-10(16(19)20)5-4-6-15(18)21-14-8-11(2)13(9-17)7-12(14)3/h7-9H,1,4-6H2,2-3H3,(H,19,20). The van der Waals surface area contributed by atoms with Crippen molar-refractivity contribution in [2.75, 3.05) is 0 Å². The van der Waals surface area contributed by atoms with E-state index >= 15 is 0 Å². The van der Waals surface area contributed by atoms with E-state index in [1.165, 1.54) is 0 Å². The van der Waals surface area contributed by atoms with Gasteiger partial charge in [-0.15, -0.1) is 0 Å². The summed E-state index contributed by atoms with van der Waals surface area (Å²) in [7, 11) is 0. The molecule has 1 aromatic carbocycles. The minimum atomic E-state index is -1.06. The van der Waals surface area contributed by atoms with Crippen molar-refractivity contribution in [3.05, 3.63) is 41.0 Å². The maximum atomic E-state index is 11.7. The fraction of sp³-hybridized carbons (Fsp3) is 0.312. The van der Waals surface area contributed by atoms with Crippen LogP contribution in [0, 0.1) is 13.8 Å². The summed E-state index contributed by atoms with van der Waals surface area (Å²) in [4.78, 5) is 33.1. The molecule has 21 heavy (non-hydrogen) atoms. The Morgan fingerprint density at radius 1 is 1.24 bits per heavy atom. The van der Waals surface area contributed by atoms with Crippen molar-refractivity contribution >= 4 is 18.2 Å². The number of aryl methyl sites for hydroxylation is 2. The van der Waals surface area contributed by atoms with E-state index in [9.17, 15) is 14.4 Å². The molecule has 0 bridgehead atoms. The normalized spacial score (nSPS) is 10.0. The molecule has 1 aromatic rings. The topological polar surface area (TPSA) is 80.7 Å². The van der Waals surface area contributed by atoms with Crippen LogP contribution in [0.5, 0.6) is 5.75 Å². The first-order valence-electron chi connectivity index (χ1n) is 6.53. The van der Waals surface area contributed by atoms with Gasteiger partial charge in [0.05, 0.1) is 0 Å². The summed E-state index contributed by atoms with van der Waals surface area (Å²) in [5.41, 5.74) is 2.07. The van der Waals surface area contributed by atoms with Crippen molar-refractivity contribution in [2.45, 2.75) is 33.1 Å². The van der Waals surface area contributed by atoms with Gasteiger partial charge in [-0.3, -0.25) is 9.59 Å². The van der Waals surface area contributed by atoms with Crippen LogP contribution < -0.4 is 4.74 Å². The highest BCUT2D eigenvalue weighted by Gasteiger charge is 2.11. The first-order chi connectivity index (χ1) is 9.85. The van der Waals surface area contributed by atoms with Crippen LogP contribution in [0.4, 0.5) is 0 Å².